The monoisotopic (exact) mass is 251 g/mol. The number of hydrogen-bond donors (Lipinski definition) is 1. The van der Waals surface area contributed by atoms with E-state index in [2.05, 4.69) is 27.0 Å². The fourth-order valence-electron chi connectivity index (χ4n) is 2.69. The summed E-state index contributed by atoms with van der Waals surface area (Å²) in [5, 5.41) is 3.94. The fraction of sp³-hybridized carbons (Fsp3) is 0.833. The molecule has 1 aromatic heterocycles. The van der Waals surface area contributed by atoms with Crippen LogP contribution in [0.1, 0.15) is 31.0 Å². The molecule has 0 radical (unpaired) electrons. The molecule has 1 unspecified atom stereocenters. The van der Waals surface area contributed by atoms with Gasteiger partial charge in [0.1, 0.15) is 0 Å². The second kappa shape index (κ2) is 4.95. The van der Waals surface area contributed by atoms with Crippen LogP contribution in [0.5, 0.6) is 0 Å². The molecule has 6 nitrogen and oxygen atoms in total. The van der Waals surface area contributed by atoms with E-state index < -0.39 is 0 Å². The van der Waals surface area contributed by atoms with Gasteiger partial charge >= 0.3 is 0 Å². The normalized spacial score (nSPS) is 25.2. The van der Waals surface area contributed by atoms with Gasteiger partial charge in [0.05, 0.1) is 13.1 Å². The summed E-state index contributed by atoms with van der Waals surface area (Å²) in [6.45, 7) is 3.48. The number of rotatable bonds is 5. The van der Waals surface area contributed by atoms with Gasteiger partial charge in [-0.3, -0.25) is 9.80 Å². The number of nitrogens with two attached hydrogens (primary N) is 1. The van der Waals surface area contributed by atoms with Crippen LogP contribution in [-0.4, -0.2) is 52.2 Å². The molecule has 2 aliphatic rings. The third kappa shape index (κ3) is 2.55. The highest BCUT2D eigenvalue weighted by molar-refractivity contribution is 4.93. The van der Waals surface area contributed by atoms with Gasteiger partial charge in [-0.05, 0) is 26.3 Å². The van der Waals surface area contributed by atoms with E-state index in [0.717, 1.165) is 18.4 Å². The van der Waals surface area contributed by atoms with E-state index in [-0.39, 0.29) is 0 Å². The molecule has 6 heteroatoms. The molecule has 2 N–H and O–H groups in total. The lowest BCUT2D eigenvalue weighted by Gasteiger charge is -2.23. The van der Waals surface area contributed by atoms with Gasteiger partial charge in [-0.25, -0.2) is 0 Å². The third-order valence-electron chi connectivity index (χ3n) is 3.96. The third-order valence-corrected chi connectivity index (χ3v) is 3.96. The lowest BCUT2D eigenvalue weighted by molar-refractivity contribution is 0.215. The fourth-order valence-corrected chi connectivity index (χ4v) is 2.69. The lowest BCUT2D eigenvalue weighted by Crippen LogP contribution is -2.35. The summed E-state index contributed by atoms with van der Waals surface area (Å²) < 4.78 is 5.02. The van der Waals surface area contributed by atoms with Gasteiger partial charge in [0.25, 0.3) is 0 Å². The molecule has 100 valence electrons. The maximum absolute atomic E-state index is 5.46. The van der Waals surface area contributed by atoms with E-state index in [9.17, 15) is 0 Å². The first-order valence-electron chi connectivity index (χ1n) is 6.72. The topological polar surface area (TPSA) is 71.4 Å². The van der Waals surface area contributed by atoms with E-state index in [0.29, 0.717) is 18.5 Å². The van der Waals surface area contributed by atoms with Crippen molar-refractivity contribution in [2.75, 3.05) is 20.1 Å². The molecule has 2 heterocycles. The summed E-state index contributed by atoms with van der Waals surface area (Å²) in [6, 6.07) is 1.49. The van der Waals surface area contributed by atoms with Crippen molar-refractivity contribution >= 4 is 0 Å². The zero-order chi connectivity index (χ0) is 12.5. The predicted octanol–water partition coefficient (Wildman–Crippen LogP) is 0.197. The molecule has 18 heavy (non-hydrogen) atoms. The van der Waals surface area contributed by atoms with Crippen LogP contribution in [0.2, 0.25) is 0 Å². The molecular formula is C12H21N5O. The summed E-state index contributed by atoms with van der Waals surface area (Å²) in [4.78, 5) is 9.19. The molecule has 1 aromatic rings. The SMILES string of the molecule is CN(Cc1noc(CN)n1)C1CCN(C2CC2)C1. The second-order valence-electron chi connectivity index (χ2n) is 5.39. The highest BCUT2D eigenvalue weighted by atomic mass is 16.5. The van der Waals surface area contributed by atoms with Gasteiger partial charge < -0.3 is 10.3 Å². The number of likely N-dealkylation sites (N-methyl/N-ethyl adjacent to an activating group) is 1. The minimum absolute atomic E-state index is 0.315. The van der Waals surface area contributed by atoms with Gasteiger partial charge in [-0.15, -0.1) is 0 Å². The average molecular weight is 251 g/mol. The lowest BCUT2D eigenvalue weighted by atomic mass is 10.2. The summed E-state index contributed by atoms with van der Waals surface area (Å²) >= 11 is 0. The molecule has 3 rings (SSSR count). The van der Waals surface area contributed by atoms with Crippen LogP contribution in [0.3, 0.4) is 0 Å². The second-order valence-corrected chi connectivity index (χ2v) is 5.39. The minimum atomic E-state index is 0.315. The Morgan fingerprint density at radius 3 is 2.94 bits per heavy atom. The summed E-state index contributed by atoms with van der Waals surface area (Å²) in [6.07, 6.45) is 4.02. The van der Waals surface area contributed by atoms with Crippen molar-refractivity contribution in [3.05, 3.63) is 11.7 Å². The first kappa shape index (κ1) is 12.1. The van der Waals surface area contributed by atoms with E-state index in [1.165, 1.54) is 32.4 Å². The Hall–Kier alpha value is -0.980. The first-order chi connectivity index (χ1) is 8.76. The summed E-state index contributed by atoms with van der Waals surface area (Å²) in [5.41, 5.74) is 5.46. The Morgan fingerprint density at radius 2 is 2.28 bits per heavy atom. The molecule has 0 bridgehead atoms. The van der Waals surface area contributed by atoms with Crippen LogP contribution in [0.4, 0.5) is 0 Å². The van der Waals surface area contributed by atoms with Crippen LogP contribution in [0.15, 0.2) is 4.52 Å². The molecule has 1 aliphatic heterocycles. The molecule has 1 atom stereocenters. The zero-order valence-electron chi connectivity index (χ0n) is 10.9. The zero-order valence-corrected chi connectivity index (χ0v) is 10.9. The van der Waals surface area contributed by atoms with Crippen molar-refractivity contribution in [1.82, 2.24) is 19.9 Å². The number of nitrogens with zero attached hydrogens (tertiary/aromatic N) is 4. The molecular weight excluding hydrogens is 230 g/mol. The number of likely N-dealkylation sites (tertiary alicyclic amines) is 1. The van der Waals surface area contributed by atoms with Gasteiger partial charge in [-0.2, -0.15) is 4.98 Å². The molecule has 1 saturated heterocycles. The summed E-state index contributed by atoms with van der Waals surface area (Å²) in [5.74, 6) is 1.26. The van der Waals surface area contributed by atoms with Gasteiger partial charge in [-0.1, -0.05) is 5.16 Å². The maximum Gasteiger partial charge on any atom is 0.240 e. The van der Waals surface area contributed by atoms with Crippen LogP contribution in [0, 0.1) is 0 Å². The smallest absolute Gasteiger partial charge is 0.240 e. The van der Waals surface area contributed by atoms with Gasteiger partial charge in [0, 0.05) is 25.2 Å². The van der Waals surface area contributed by atoms with E-state index in [1.807, 2.05) is 0 Å². The van der Waals surface area contributed by atoms with Crippen molar-refractivity contribution < 1.29 is 4.52 Å². The van der Waals surface area contributed by atoms with Crippen molar-refractivity contribution in [3.8, 4) is 0 Å². The van der Waals surface area contributed by atoms with E-state index in [4.69, 9.17) is 10.3 Å². The van der Waals surface area contributed by atoms with Crippen LogP contribution in [0.25, 0.3) is 0 Å². The van der Waals surface area contributed by atoms with Crippen molar-refractivity contribution in [2.24, 2.45) is 5.73 Å². The van der Waals surface area contributed by atoms with Crippen molar-refractivity contribution in [2.45, 2.75) is 44.4 Å². The average Bonchev–Trinajstić information content (AvgIpc) is 2.93. The molecule has 0 spiro atoms. The largest absolute Gasteiger partial charge is 0.338 e. The van der Waals surface area contributed by atoms with Crippen molar-refractivity contribution in [3.63, 3.8) is 0 Å². The first-order valence-corrected chi connectivity index (χ1v) is 6.72. The standard InChI is InChI=1S/C12H21N5O/c1-16(8-11-14-12(6-13)18-15-11)10-4-5-17(7-10)9-2-3-9/h9-10H,2-8,13H2,1H3. The quantitative estimate of drug-likeness (QED) is 0.806. The predicted molar refractivity (Wildman–Crippen MR) is 66.7 cm³/mol. The Labute approximate surface area is 107 Å². The molecule has 1 aliphatic carbocycles. The van der Waals surface area contributed by atoms with E-state index >= 15 is 0 Å². The Bertz CT molecular complexity index is 403. The van der Waals surface area contributed by atoms with E-state index in [1.54, 1.807) is 0 Å². The van der Waals surface area contributed by atoms with Gasteiger partial charge in [0.2, 0.25) is 5.89 Å². The Balaban J connectivity index is 1.53. The number of aromatic nitrogens is 2. The Morgan fingerprint density at radius 1 is 1.44 bits per heavy atom. The van der Waals surface area contributed by atoms with Crippen LogP contribution in [-0.2, 0) is 13.1 Å². The Kier molecular flexibility index (Phi) is 3.32. The molecule has 0 aromatic carbocycles. The van der Waals surface area contributed by atoms with Gasteiger partial charge in [0.15, 0.2) is 5.82 Å². The highest BCUT2D eigenvalue weighted by Gasteiger charge is 2.35. The van der Waals surface area contributed by atoms with Crippen LogP contribution < -0.4 is 5.73 Å². The molecule has 0 amide bonds. The summed E-state index contributed by atoms with van der Waals surface area (Å²) in [7, 11) is 2.14. The number of hydrogen-bond acceptors (Lipinski definition) is 6. The molecule has 2 fully saturated rings. The maximum atomic E-state index is 5.46. The van der Waals surface area contributed by atoms with Crippen LogP contribution >= 0.6 is 0 Å². The molecule has 1 saturated carbocycles. The highest BCUT2D eigenvalue weighted by Crippen LogP contribution is 2.31. The minimum Gasteiger partial charge on any atom is -0.338 e. The van der Waals surface area contributed by atoms with Crippen molar-refractivity contribution in [1.29, 1.82) is 0 Å².